The number of hydrogen-bond acceptors (Lipinski definition) is 4. The fourth-order valence-corrected chi connectivity index (χ4v) is 2.78. The summed E-state index contributed by atoms with van der Waals surface area (Å²) in [5, 5.41) is 4.54. The first kappa shape index (κ1) is 20.8. The van der Waals surface area contributed by atoms with Crippen molar-refractivity contribution in [2.75, 3.05) is 24.6 Å². The largest absolute Gasteiger partial charge is 0.484 e. The van der Waals surface area contributed by atoms with E-state index in [-0.39, 0.29) is 12.5 Å². The smallest absolute Gasteiger partial charge is 0.277 e. The minimum atomic E-state index is -0.333. The van der Waals surface area contributed by atoms with Crippen molar-refractivity contribution in [3.8, 4) is 5.75 Å². The Balaban J connectivity index is 1.82. The summed E-state index contributed by atoms with van der Waals surface area (Å²) < 4.78 is 5.36. The van der Waals surface area contributed by atoms with Crippen LogP contribution in [0.4, 0.5) is 5.69 Å². The van der Waals surface area contributed by atoms with Crippen LogP contribution in [0.15, 0.2) is 53.6 Å². The first-order valence-electron chi connectivity index (χ1n) is 9.17. The lowest BCUT2D eigenvalue weighted by atomic mass is 10.2. The summed E-state index contributed by atoms with van der Waals surface area (Å²) in [6.45, 7) is 6.33. The molecule has 1 amide bonds. The molecule has 0 fully saturated rings. The number of ether oxygens (including phenoxy) is 1. The van der Waals surface area contributed by atoms with Crippen LogP contribution in [0.3, 0.4) is 0 Å². The molecule has 0 spiro atoms. The van der Waals surface area contributed by atoms with Crippen molar-refractivity contribution in [3.63, 3.8) is 0 Å². The molecule has 6 heteroatoms. The van der Waals surface area contributed by atoms with Gasteiger partial charge >= 0.3 is 0 Å². The van der Waals surface area contributed by atoms with Gasteiger partial charge < -0.3 is 9.64 Å². The number of halogens is 1. The minimum Gasteiger partial charge on any atom is -0.484 e. The molecule has 0 aliphatic rings. The Bertz CT molecular complexity index is 741. The van der Waals surface area contributed by atoms with Crippen molar-refractivity contribution < 1.29 is 9.53 Å². The van der Waals surface area contributed by atoms with Gasteiger partial charge in [-0.1, -0.05) is 43.6 Å². The third-order valence-electron chi connectivity index (χ3n) is 3.81. The predicted octanol–water partition coefficient (Wildman–Crippen LogP) is 4.50. The average molecular weight is 388 g/mol. The Morgan fingerprint density at radius 2 is 1.85 bits per heavy atom. The Labute approximate surface area is 166 Å². The molecule has 2 aromatic rings. The van der Waals surface area contributed by atoms with E-state index in [1.165, 1.54) is 5.69 Å². The second-order valence-corrected chi connectivity index (χ2v) is 6.55. The zero-order valence-corrected chi connectivity index (χ0v) is 16.6. The molecule has 0 radical (unpaired) electrons. The van der Waals surface area contributed by atoms with Gasteiger partial charge in [0.05, 0.1) is 6.21 Å². The molecule has 2 rings (SSSR count). The van der Waals surface area contributed by atoms with Crippen LogP contribution in [0, 0.1) is 0 Å². The van der Waals surface area contributed by atoms with E-state index < -0.39 is 0 Å². The molecule has 0 aliphatic heterocycles. The van der Waals surface area contributed by atoms with Gasteiger partial charge in [0.15, 0.2) is 6.61 Å². The molecule has 0 heterocycles. The fraction of sp³-hybridized carbons (Fsp3) is 0.333. The average Bonchev–Trinajstić information content (AvgIpc) is 2.67. The van der Waals surface area contributed by atoms with Crippen LogP contribution in [-0.2, 0) is 4.79 Å². The molecule has 2 aromatic carbocycles. The zero-order chi connectivity index (χ0) is 19.5. The van der Waals surface area contributed by atoms with E-state index in [1.54, 1.807) is 30.5 Å². The molecular weight excluding hydrogens is 362 g/mol. The lowest BCUT2D eigenvalue weighted by Gasteiger charge is -2.23. The number of anilines is 1. The monoisotopic (exact) mass is 387 g/mol. The zero-order valence-electron chi connectivity index (χ0n) is 15.8. The number of nitrogens with one attached hydrogen (secondary N) is 1. The highest BCUT2D eigenvalue weighted by molar-refractivity contribution is 6.30. The van der Waals surface area contributed by atoms with Crippen molar-refractivity contribution in [2.24, 2.45) is 5.10 Å². The normalized spacial score (nSPS) is 10.8. The summed E-state index contributed by atoms with van der Waals surface area (Å²) in [7, 11) is 0. The Morgan fingerprint density at radius 3 is 2.48 bits per heavy atom. The number of rotatable bonds is 10. The summed E-state index contributed by atoms with van der Waals surface area (Å²) in [5.41, 5.74) is 4.58. The maximum Gasteiger partial charge on any atom is 0.277 e. The van der Waals surface area contributed by atoms with E-state index in [0.717, 1.165) is 31.5 Å². The number of carbonyl (C=O) groups is 1. The Kier molecular flexibility index (Phi) is 8.65. The SMILES string of the molecule is CCCN(CCC)c1ccc(/C=N/NC(=O)COc2cccc(Cl)c2)cc1. The predicted molar refractivity (Wildman–Crippen MR) is 112 cm³/mol. The third kappa shape index (κ3) is 7.31. The van der Waals surface area contributed by atoms with Gasteiger partial charge in [-0.3, -0.25) is 4.79 Å². The molecule has 1 N–H and O–H groups in total. The summed E-state index contributed by atoms with van der Waals surface area (Å²) in [6.07, 6.45) is 3.85. The number of hydrazone groups is 1. The molecule has 0 saturated heterocycles. The van der Waals surface area contributed by atoms with E-state index in [9.17, 15) is 4.79 Å². The third-order valence-corrected chi connectivity index (χ3v) is 4.05. The topological polar surface area (TPSA) is 53.9 Å². The van der Waals surface area contributed by atoms with Gasteiger partial charge in [0.25, 0.3) is 5.91 Å². The van der Waals surface area contributed by atoms with Gasteiger partial charge in [-0.25, -0.2) is 5.43 Å². The summed E-state index contributed by atoms with van der Waals surface area (Å²) in [5.74, 6) is 0.209. The Hall–Kier alpha value is -2.53. The molecule has 144 valence electrons. The quantitative estimate of drug-likeness (QED) is 0.482. The van der Waals surface area contributed by atoms with Crippen molar-refractivity contribution >= 4 is 29.4 Å². The highest BCUT2D eigenvalue weighted by Crippen LogP contribution is 2.17. The summed E-state index contributed by atoms with van der Waals surface area (Å²) in [6, 6.07) is 15.0. The Morgan fingerprint density at radius 1 is 1.15 bits per heavy atom. The van der Waals surface area contributed by atoms with E-state index in [0.29, 0.717) is 10.8 Å². The molecular formula is C21H26ClN3O2. The molecule has 0 saturated carbocycles. The number of amides is 1. The van der Waals surface area contributed by atoms with E-state index in [4.69, 9.17) is 16.3 Å². The van der Waals surface area contributed by atoms with Gasteiger partial charge in [0.1, 0.15) is 5.75 Å². The van der Waals surface area contributed by atoms with E-state index in [1.807, 2.05) is 12.1 Å². The highest BCUT2D eigenvalue weighted by atomic mass is 35.5. The second-order valence-electron chi connectivity index (χ2n) is 6.12. The van der Waals surface area contributed by atoms with Crippen LogP contribution in [-0.4, -0.2) is 31.8 Å². The van der Waals surface area contributed by atoms with Crippen LogP contribution in [0.1, 0.15) is 32.3 Å². The van der Waals surface area contributed by atoms with Gasteiger partial charge in [-0.15, -0.1) is 0 Å². The second kappa shape index (κ2) is 11.2. The van der Waals surface area contributed by atoms with Gasteiger partial charge in [-0.05, 0) is 48.7 Å². The first-order valence-corrected chi connectivity index (χ1v) is 9.55. The number of hydrogen-bond donors (Lipinski definition) is 1. The van der Waals surface area contributed by atoms with Gasteiger partial charge in [0, 0.05) is 23.8 Å². The molecule has 5 nitrogen and oxygen atoms in total. The van der Waals surface area contributed by atoms with Gasteiger partial charge in [-0.2, -0.15) is 5.10 Å². The molecule has 0 atom stereocenters. The number of benzene rings is 2. The first-order chi connectivity index (χ1) is 13.1. The lowest BCUT2D eigenvalue weighted by Crippen LogP contribution is -2.25. The van der Waals surface area contributed by atoms with Crippen LogP contribution < -0.4 is 15.1 Å². The van der Waals surface area contributed by atoms with Crippen LogP contribution in [0.5, 0.6) is 5.75 Å². The van der Waals surface area contributed by atoms with Crippen molar-refractivity contribution in [1.29, 1.82) is 0 Å². The molecule has 0 bridgehead atoms. The van der Waals surface area contributed by atoms with E-state index in [2.05, 4.69) is 41.4 Å². The maximum atomic E-state index is 11.8. The van der Waals surface area contributed by atoms with Crippen molar-refractivity contribution in [3.05, 3.63) is 59.1 Å². The standard InChI is InChI=1S/C21H26ClN3O2/c1-3-12-25(13-4-2)19-10-8-17(9-11-19)15-23-24-21(26)16-27-20-7-5-6-18(22)14-20/h5-11,14-15H,3-4,12-13,16H2,1-2H3,(H,24,26)/b23-15+. The highest BCUT2D eigenvalue weighted by Gasteiger charge is 2.04. The summed E-state index contributed by atoms with van der Waals surface area (Å²) >= 11 is 5.87. The van der Waals surface area contributed by atoms with Crippen molar-refractivity contribution in [2.45, 2.75) is 26.7 Å². The van der Waals surface area contributed by atoms with Crippen LogP contribution in [0.2, 0.25) is 5.02 Å². The molecule has 0 aliphatic carbocycles. The minimum absolute atomic E-state index is 0.125. The summed E-state index contributed by atoms with van der Waals surface area (Å²) in [4.78, 5) is 14.2. The molecule has 27 heavy (non-hydrogen) atoms. The van der Waals surface area contributed by atoms with Crippen molar-refractivity contribution in [1.82, 2.24) is 5.43 Å². The maximum absolute atomic E-state index is 11.8. The molecule has 0 aromatic heterocycles. The fourth-order valence-electron chi connectivity index (χ4n) is 2.60. The number of carbonyl (C=O) groups excluding carboxylic acids is 1. The van der Waals surface area contributed by atoms with Crippen LogP contribution >= 0.6 is 11.6 Å². The number of nitrogens with zero attached hydrogens (tertiary/aromatic N) is 2. The van der Waals surface area contributed by atoms with Gasteiger partial charge in [0.2, 0.25) is 0 Å². The van der Waals surface area contributed by atoms with E-state index >= 15 is 0 Å². The lowest BCUT2D eigenvalue weighted by molar-refractivity contribution is -0.123. The van der Waals surface area contributed by atoms with Crippen LogP contribution in [0.25, 0.3) is 0 Å². The molecule has 0 unspecified atom stereocenters.